The molecule has 0 unspecified atom stereocenters. The van der Waals surface area contributed by atoms with Crippen molar-refractivity contribution in [1.29, 1.82) is 0 Å². The highest BCUT2D eigenvalue weighted by molar-refractivity contribution is 7.98. The maximum Gasteiger partial charge on any atom is 0.293 e. The largest absolute Gasteiger partial charge is 0.378 e. The van der Waals surface area contributed by atoms with Crippen LogP contribution < -0.4 is 11.2 Å². The molecule has 2 aromatic carbocycles. The van der Waals surface area contributed by atoms with Gasteiger partial charge in [0.1, 0.15) is 0 Å². The first kappa shape index (κ1) is 21.2. The van der Waals surface area contributed by atoms with Crippen LogP contribution in [0.25, 0.3) is 5.82 Å². The fourth-order valence-corrected chi connectivity index (χ4v) is 3.74. The van der Waals surface area contributed by atoms with Crippen molar-refractivity contribution in [2.24, 2.45) is 5.10 Å². The molecule has 0 saturated heterocycles. The summed E-state index contributed by atoms with van der Waals surface area (Å²) < 4.78 is 6.04. The number of nitrogens with one attached hydrogen (secondary N) is 1. The third kappa shape index (κ3) is 4.67. The fraction of sp³-hybridized carbons (Fsp3) is 0.143. The first-order valence-corrected chi connectivity index (χ1v) is 10.6. The standard InChI is InChI=1S/C21H20N8O2S/c1-13-8-10-15(11-9-13)14(2)23-25-21(30)18-17(12-32-16-6-4-3-5-7-16)29(28-24-18)20-19(22)26-31-27-20/h3-11H,12H2,1-2H3,(H2,22,26)(H,25,30). The van der Waals surface area contributed by atoms with Crippen LogP contribution in [0.5, 0.6) is 0 Å². The number of hydrogen-bond donors (Lipinski definition) is 2. The monoisotopic (exact) mass is 448 g/mol. The van der Waals surface area contributed by atoms with Crippen molar-refractivity contribution in [3.05, 3.63) is 77.1 Å². The van der Waals surface area contributed by atoms with Gasteiger partial charge in [0, 0.05) is 10.6 Å². The second-order valence-electron chi connectivity index (χ2n) is 6.88. The Labute approximate surface area is 187 Å². The smallest absolute Gasteiger partial charge is 0.293 e. The van der Waals surface area contributed by atoms with Gasteiger partial charge >= 0.3 is 0 Å². The van der Waals surface area contributed by atoms with E-state index in [9.17, 15) is 4.79 Å². The van der Waals surface area contributed by atoms with Crippen LogP contribution in [0.2, 0.25) is 0 Å². The first-order chi connectivity index (χ1) is 15.5. The number of aryl methyl sites for hydroxylation is 1. The van der Waals surface area contributed by atoms with E-state index in [1.165, 1.54) is 16.4 Å². The van der Waals surface area contributed by atoms with E-state index in [1.807, 2.05) is 68.4 Å². The quantitative estimate of drug-likeness (QED) is 0.250. The van der Waals surface area contributed by atoms with Crippen LogP contribution in [0.1, 0.15) is 34.2 Å². The number of rotatable bonds is 7. The lowest BCUT2D eigenvalue weighted by Crippen LogP contribution is -2.21. The van der Waals surface area contributed by atoms with E-state index >= 15 is 0 Å². The van der Waals surface area contributed by atoms with Crippen molar-refractivity contribution in [2.75, 3.05) is 5.73 Å². The minimum Gasteiger partial charge on any atom is -0.378 e. The summed E-state index contributed by atoms with van der Waals surface area (Å²) in [7, 11) is 0. The lowest BCUT2D eigenvalue weighted by atomic mass is 10.1. The molecule has 0 saturated carbocycles. The highest BCUT2D eigenvalue weighted by Gasteiger charge is 2.24. The molecule has 0 radical (unpaired) electrons. The van der Waals surface area contributed by atoms with Gasteiger partial charge in [-0.15, -0.1) is 16.9 Å². The lowest BCUT2D eigenvalue weighted by molar-refractivity contribution is 0.0949. The van der Waals surface area contributed by atoms with E-state index in [-0.39, 0.29) is 17.3 Å². The van der Waals surface area contributed by atoms with Gasteiger partial charge in [0.05, 0.1) is 11.4 Å². The van der Waals surface area contributed by atoms with Gasteiger partial charge in [-0.25, -0.2) is 10.1 Å². The third-order valence-corrected chi connectivity index (χ3v) is 5.61. The number of thioether (sulfide) groups is 1. The highest BCUT2D eigenvalue weighted by Crippen LogP contribution is 2.25. The lowest BCUT2D eigenvalue weighted by Gasteiger charge is -2.06. The molecular weight excluding hydrogens is 428 g/mol. The van der Waals surface area contributed by atoms with Gasteiger partial charge in [-0.2, -0.15) is 9.78 Å². The molecular formula is C21H20N8O2S. The minimum absolute atomic E-state index is 0.0426. The van der Waals surface area contributed by atoms with Crippen LogP contribution in [-0.4, -0.2) is 36.9 Å². The van der Waals surface area contributed by atoms with Gasteiger partial charge in [-0.05, 0) is 41.9 Å². The molecule has 10 nitrogen and oxygen atoms in total. The van der Waals surface area contributed by atoms with Crippen LogP contribution in [0.3, 0.4) is 0 Å². The summed E-state index contributed by atoms with van der Waals surface area (Å²) in [5.41, 5.74) is 11.7. The number of hydrogen-bond acceptors (Lipinski definition) is 9. The molecule has 0 fully saturated rings. The zero-order valence-corrected chi connectivity index (χ0v) is 18.2. The van der Waals surface area contributed by atoms with Crippen molar-refractivity contribution < 1.29 is 9.42 Å². The molecule has 1 amide bonds. The average Bonchev–Trinajstić information content (AvgIpc) is 3.42. The summed E-state index contributed by atoms with van der Waals surface area (Å²) >= 11 is 1.51. The Morgan fingerprint density at radius 3 is 2.59 bits per heavy atom. The van der Waals surface area contributed by atoms with E-state index < -0.39 is 5.91 Å². The summed E-state index contributed by atoms with van der Waals surface area (Å²) in [5, 5.41) is 19.7. The average molecular weight is 449 g/mol. The van der Waals surface area contributed by atoms with Gasteiger partial charge in [-0.1, -0.05) is 53.2 Å². The molecule has 3 N–H and O–H groups in total. The van der Waals surface area contributed by atoms with Gasteiger partial charge in [0.2, 0.25) is 11.6 Å². The Kier molecular flexibility index (Phi) is 6.26. The van der Waals surface area contributed by atoms with Crippen molar-refractivity contribution in [3.8, 4) is 5.82 Å². The van der Waals surface area contributed by atoms with Crippen LogP contribution in [0.4, 0.5) is 5.82 Å². The summed E-state index contributed by atoms with van der Waals surface area (Å²) in [5.74, 6) is 0.0919. The Balaban J connectivity index is 1.60. The Morgan fingerprint density at radius 1 is 1.16 bits per heavy atom. The van der Waals surface area contributed by atoms with Crippen molar-refractivity contribution in [3.63, 3.8) is 0 Å². The molecule has 162 valence electrons. The minimum atomic E-state index is -0.499. The van der Waals surface area contributed by atoms with Gasteiger partial charge in [0.25, 0.3) is 5.91 Å². The number of benzene rings is 2. The molecule has 0 spiro atoms. The molecule has 2 aromatic heterocycles. The van der Waals surface area contributed by atoms with Gasteiger partial charge < -0.3 is 5.73 Å². The van der Waals surface area contributed by atoms with Gasteiger partial charge in [-0.3, -0.25) is 4.79 Å². The number of anilines is 1. The van der Waals surface area contributed by atoms with Crippen molar-refractivity contribution in [1.82, 2.24) is 30.7 Å². The molecule has 32 heavy (non-hydrogen) atoms. The molecule has 0 atom stereocenters. The van der Waals surface area contributed by atoms with Crippen LogP contribution >= 0.6 is 11.8 Å². The predicted molar refractivity (Wildman–Crippen MR) is 120 cm³/mol. The second kappa shape index (κ2) is 9.43. The summed E-state index contributed by atoms with van der Waals surface area (Å²) in [6, 6.07) is 17.6. The Hall–Kier alpha value is -3.99. The number of aromatic nitrogens is 5. The summed E-state index contributed by atoms with van der Waals surface area (Å²) in [4.78, 5) is 13.9. The molecule has 11 heteroatoms. The van der Waals surface area contributed by atoms with Gasteiger partial charge in [0.15, 0.2) is 5.69 Å². The van der Waals surface area contributed by atoms with E-state index in [0.29, 0.717) is 17.2 Å². The van der Waals surface area contributed by atoms with E-state index in [4.69, 9.17) is 5.73 Å². The summed E-state index contributed by atoms with van der Waals surface area (Å²) in [6.45, 7) is 3.82. The molecule has 0 bridgehead atoms. The highest BCUT2D eigenvalue weighted by atomic mass is 32.2. The van der Waals surface area contributed by atoms with Crippen molar-refractivity contribution >= 4 is 29.2 Å². The number of nitrogens with two attached hydrogens (primary N) is 1. The third-order valence-electron chi connectivity index (χ3n) is 4.59. The first-order valence-electron chi connectivity index (χ1n) is 9.65. The Morgan fingerprint density at radius 2 is 1.91 bits per heavy atom. The molecule has 0 aliphatic carbocycles. The fourth-order valence-electron chi connectivity index (χ4n) is 2.83. The number of hydrazone groups is 1. The normalized spacial score (nSPS) is 11.5. The number of carbonyl (C=O) groups is 1. The molecule has 4 aromatic rings. The number of nitrogen functional groups attached to an aromatic ring is 1. The van der Waals surface area contributed by atoms with Crippen LogP contribution in [0, 0.1) is 6.92 Å². The number of carbonyl (C=O) groups excluding carboxylic acids is 1. The molecule has 2 heterocycles. The maximum absolute atomic E-state index is 12.9. The topological polar surface area (TPSA) is 137 Å². The predicted octanol–water partition coefficient (Wildman–Crippen LogP) is 2.99. The maximum atomic E-state index is 12.9. The van der Waals surface area contributed by atoms with E-state index in [0.717, 1.165) is 16.0 Å². The molecule has 0 aliphatic rings. The zero-order chi connectivity index (χ0) is 22.5. The molecule has 4 rings (SSSR count). The zero-order valence-electron chi connectivity index (χ0n) is 17.4. The number of amides is 1. The number of nitrogens with zero attached hydrogens (tertiary/aromatic N) is 6. The van der Waals surface area contributed by atoms with Crippen LogP contribution in [-0.2, 0) is 5.75 Å². The van der Waals surface area contributed by atoms with Crippen LogP contribution in [0.15, 0.2) is 69.2 Å². The SMILES string of the molecule is CC(=NNC(=O)c1nnn(-c2nonc2N)c1CSc1ccccc1)c1ccc(C)cc1. The van der Waals surface area contributed by atoms with E-state index in [2.05, 4.69) is 35.8 Å². The van der Waals surface area contributed by atoms with Crippen molar-refractivity contribution in [2.45, 2.75) is 24.5 Å². The van der Waals surface area contributed by atoms with E-state index in [1.54, 1.807) is 0 Å². The summed E-state index contributed by atoms with van der Waals surface area (Å²) in [6.07, 6.45) is 0. The molecule has 0 aliphatic heterocycles. The Bertz CT molecular complexity index is 1250. The second-order valence-corrected chi connectivity index (χ2v) is 7.92.